The zero-order chi connectivity index (χ0) is 9.02. The molecule has 5 nitrogen and oxygen atoms in total. The Bertz CT molecular complexity index is 173. The first kappa shape index (κ1) is 13.8. The molecule has 0 radical (unpaired) electrons. The third-order valence-electron chi connectivity index (χ3n) is 1.39. The van der Waals surface area contributed by atoms with Crippen molar-refractivity contribution in [2.24, 2.45) is 11.7 Å². The number of hydrogen-bond donors (Lipinski definition) is 3. The van der Waals surface area contributed by atoms with Gasteiger partial charge in [-0.2, -0.15) is 0 Å². The second-order valence-corrected chi connectivity index (χ2v) is 2.44. The summed E-state index contributed by atoms with van der Waals surface area (Å²) in [7, 11) is 0. The van der Waals surface area contributed by atoms with Crippen LogP contribution in [-0.2, 0) is 9.59 Å². The molecule has 0 fully saturated rings. The quantitative estimate of drug-likeness (QED) is 0.586. The minimum absolute atomic E-state index is 0. The number of carbonyl (C=O) groups is 2. The van der Waals surface area contributed by atoms with Crippen LogP contribution in [0.25, 0.3) is 0 Å². The third-order valence-corrected chi connectivity index (χ3v) is 1.39. The summed E-state index contributed by atoms with van der Waals surface area (Å²) in [6.07, 6.45) is -0.215. The maximum absolute atomic E-state index is 10.2. The Balaban J connectivity index is 0. The summed E-state index contributed by atoms with van der Waals surface area (Å²) >= 11 is 0. The molecule has 0 amide bonds. The SMILES string of the molecule is C[C@@H](CC(=O)O)[C@@H](N)C(=O)O.Cl. The minimum Gasteiger partial charge on any atom is -0.481 e. The summed E-state index contributed by atoms with van der Waals surface area (Å²) in [6, 6.07) is -1.09. The van der Waals surface area contributed by atoms with E-state index in [4.69, 9.17) is 15.9 Å². The molecule has 2 atom stereocenters. The molecule has 0 heterocycles. The Kier molecular flexibility index (Phi) is 6.64. The van der Waals surface area contributed by atoms with Crippen LogP contribution in [0.2, 0.25) is 0 Å². The summed E-state index contributed by atoms with van der Waals surface area (Å²) in [5, 5.41) is 16.6. The average Bonchev–Trinajstić information content (AvgIpc) is 1.84. The van der Waals surface area contributed by atoms with Crippen molar-refractivity contribution in [1.29, 1.82) is 0 Å². The smallest absolute Gasteiger partial charge is 0.320 e. The van der Waals surface area contributed by atoms with Gasteiger partial charge in [-0.3, -0.25) is 9.59 Å². The number of hydrogen-bond acceptors (Lipinski definition) is 3. The van der Waals surface area contributed by atoms with Crippen LogP contribution in [0.5, 0.6) is 0 Å². The number of aliphatic carboxylic acids is 2. The van der Waals surface area contributed by atoms with Crippen molar-refractivity contribution in [2.75, 3.05) is 0 Å². The summed E-state index contributed by atoms with van der Waals surface area (Å²) in [5.41, 5.74) is 5.15. The van der Waals surface area contributed by atoms with Crippen LogP contribution < -0.4 is 5.73 Å². The van der Waals surface area contributed by atoms with E-state index in [2.05, 4.69) is 0 Å². The molecule has 6 heteroatoms. The van der Waals surface area contributed by atoms with Crippen molar-refractivity contribution in [2.45, 2.75) is 19.4 Å². The second kappa shape index (κ2) is 5.79. The van der Waals surface area contributed by atoms with Crippen LogP contribution >= 0.6 is 12.4 Å². The summed E-state index contributed by atoms with van der Waals surface area (Å²) in [6.45, 7) is 1.49. The first-order chi connectivity index (χ1) is 4.95. The molecule has 0 spiro atoms. The van der Waals surface area contributed by atoms with Gasteiger partial charge in [0.1, 0.15) is 6.04 Å². The fourth-order valence-electron chi connectivity index (χ4n) is 0.646. The van der Waals surface area contributed by atoms with E-state index in [0.717, 1.165) is 0 Å². The van der Waals surface area contributed by atoms with Gasteiger partial charge < -0.3 is 15.9 Å². The standard InChI is InChI=1S/C6H11NO4.ClH/c1-3(2-4(8)9)5(7)6(10)11;/h3,5H,2,7H2,1H3,(H,8,9)(H,10,11);1H/t3-,5+;/m0./s1. The van der Waals surface area contributed by atoms with Gasteiger partial charge in [0.15, 0.2) is 0 Å². The molecule has 0 aromatic rings. The highest BCUT2D eigenvalue weighted by molar-refractivity contribution is 5.85. The number of halogens is 1. The number of nitrogens with two attached hydrogens (primary N) is 1. The first-order valence-corrected chi connectivity index (χ1v) is 3.15. The van der Waals surface area contributed by atoms with E-state index in [1.807, 2.05) is 0 Å². The van der Waals surface area contributed by atoms with E-state index < -0.39 is 23.9 Å². The molecule has 0 bridgehead atoms. The molecule has 0 unspecified atom stereocenters. The molecule has 0 saturated heterocycles. The van der Waals surface area contributed by atoms with E-state index in [1.165, 1.54) is 6.92 Å². The molecule has 0 aliphatic carbocycles. The lowest BCUT2D eigenvalue weighted by atomic mass is 10.00. The van der Waals surface area contributed by atoms with E-state index in [9.17, 15) is 9.59 Å². The topological polar surface area (TPSA) is 101 Å². The largest absolute Gasteiger partial charge is 0.481 e. The van der Waals surface area contributed by atoms with E-state index in [1.54, 1.807) is 0 Å². The Morgan fingerprint density at radius 1 is 1.42 bits per heavy atom. The molecule has 0 saturated carbocycles. The molecule has 0 aromatic carbocycles. The van der Waals surface area contributed by atoms with Gasteiger partial charge in [-0.15, -0.1) is 12.4 Å². The third kappa shape index (κ3) is 4.92. The van der Waals surface area contributed by atoms with Gasteiger partial charge in [-0.1, -0.05) is 6.92 Å². The van der Waals surface area contributed by atoms with Crippen molar-refractivity contribution in [3.63, 3.8) is 0 Å². The fraction of sp³-hybridized carbons (Fsp3) is 0.667. The maximum atomic E-state index is 10.2. The highest BCUT2D eigenvalue weighted by Crippen LogP contribution is 2.05. The predicted molar refractivity (Wildman–Crippen MR) is 44.3 cm³/mol. The Morgan fingerprint density at radius 3 is 2.08 bits per heavy atom. The van der Waals surface area contributed by atoms with Crippen LogP contribution in [-0.4, -0.2) is 28.2 Å². The van der Waals surface area contributed by atoms with Crippen LogP contribution in [0.3, 0.4) is 0 Å². The van der Waals surface area contributed by atoms with E-state index in [-0.39, 0.29) is 18.8 Å². The zero-order valence-corrected chi connectivity index (χ0v) is 7.37. The average molecular weight is 198 g/mol. The normalized spacial score (nSPS) is 14.2. The van der Waals surface area contributed by atoms with Gasteiger partial charge in [0.2, 0.25) is 0 Å². The second-order valence-electron chi connectivity index (χ2n) is 2.44. The van der Waals surface area contributed by atoms with E-state index in [0.29, 0.717) is 0 Å². The van der Waals surface area contributed by atoms with Crippen molar-refractivity contribution < 1.29 is 19.8 Å². The Morgan fingerprint density at radius 2 is 1.83 bits per heavy atom. The number of carboxylic acid groups (broad SMARTS) is 2. The van der Waals surface area contributed by atoms with Gasteiger partial charge in [0.25, 0.3) is 0 Å². The summed E-state index contributed by atoms with van der Waals surface area (Å²) < 4.78 is 0. The number of rotatable bonds is 4. The number of carboxylic acids is 2. The highest BCUT2D eigenvalue weighted by atomic mass is 35.5. The summed E-state index contributed by atoms with van der Waals surface area (Å²) in [4.78, 5) is 20.3. The predicted octanol–water partition coefficient (Wildman–Crippen LogP) is -0.0691. The lowest BCUT2D eigenvalue weighted by Crippen LogP contribution is -2.37. The van der Waals surface area contributed by atoms with Crippen molar-refractivity contribution in [3.05, 3.63) is 0 Å². The monoisotopic (exact) mass is 197 g/mol. The minimum atomic E-state index is -1.17. The van der Waals surface area contributed by atoms with Crippen LogP contribution in [0.1, 0.15) is 13.3 Å². The van der Waals surface area contributed by atoms with Crippen molar-refractivity contribution >= 4 is 24.3 Å². The molecular weight excluding hydrogens is 186 g/mol. The summed E-state index contributed by atoms with van der Waals surface area (Å²) in [5.74, 6) is -2.74. The molecular formula is C6H12ClNO4. The Hall–Kier alpha value is -0.810. The highest BCUT2D eigenvalue weighted by Gasteiger charge is 2.21. The molecule has 72 valence electrons. The lowest BCUT2D eigenvalue weighted by Gasteiger charge is -2.12. The molecule has 0 rings (SSSR count). The van der Waals surface area contributed by atoms with Gasteiger partial charge in [0, 0.05) is 6.42 Å². The first-order valence-electron chi connectivity index (χ1n) is 3.15. The molecule has 0 aliphatic rings. The van der Waals surface area contributed by atoms with Crippen LogP contribution in [0.4, 0.5) is 0 Å². The van der Waals surface area contributed by atoms with Gasteiger partial charge in [-0.05, 0) is 5.92 Å². The van der Waals surface area contributed by atoms with Crippen molar-refractivity contribution in [1.82, 2.24) is 0 Å². The zero-order valence-electron chi connectivity index (χ0n) is 6.56. The van der Waals surface area contributed by atoms with Gasteiger partial charge in [-0.25, -0.2) is 0 Å². The molecule has 12 heavy (non-hydrogen) atoms. The van der Waals surface area contributed by atoms with Crippen LogP contribution in [0, 0.1) is 5.92 Å². The van der Waals surface area contributed by atoms with Crippen molar-refractivity contribution in [3.8, 4) is 0 Å². The van der Waals surface area contributed by atoms with E-state index >= 15 is 0 Å². The molecule has 4 N–H and O–H groups in total. The van der Waals surface area contributed by atoms with Gasteiger partial charge >= 0.3 is 11.9 Å². The Labute approximate surface area is 76.0 Å². The maximum Gasteiger partial charge on any atom is 0.320 e. The fourth-order valence-corrected chi connectivity index (χ4v) is 0.646. The van der Waals surface area contributed by atoms with Gasteiger partial charge in [0.05, 0.1) is 0 Å². The lowest BCUT2D eigenvalue weighted by molar-refractivity contribution is -0.141. The van der Waals surface area contributed by atoms with Crippen LogP contribution in [0.15, 0.2) is 0 Å². The molecule has 0 aliphatic heterocycles. The molecule has 0 aromatic heterocycles.